The molecule has 2 atom stereocenters. The largest absolute Gasteiger partial charge is 0.372 e. The average Bonchev–Trinajstić information content (AvgIpc) is 2.37. The van der Waals surface area contributed by atoms with Gasteiger partial charge in [-0.1, -0.05) is 0 Å². The van der Waals surface area contributed by atoms with Crippen LogP contribution in [0.1, 0.15) is 25.1 Å². The van der Waals surface area contributed by atoms with Crippen LogP contribution >= 0.6 is 0 Å². The molecule has 4 heteroatoms. The minimum atomic E-state index is 0.276. The van der Waals surface area contributed by atoms with Crippen LogP contribution in [-0.2, 0) is 11.2 Å². The van der Waals surface area contributed by atoms with Crippen molar-refractivity contribution >= 4 is 11.9 Å². The summed E-state index contributed by atoms with van der Waals surface area (Å²) in [6.45, 7) is 6.97. The Hall–Kier alpha value is -1.42. The van der Waals surface area contributed by atoms with Gasteiger partial charge in [0.2, 0.25) is 0 Å². The highest BCUT2D eigenvalue weighted by molar-refractivity contribution is 5.83. The maximum atomic E-state index is 5.76. The number of hydrogen-bond donors (Lipinski definition) is 0. The number of ether oxygens (including phenoxy) is 1. The van der Waals surface area contributed by atoms with Gasteiger partial charge in [0, 0.05) is 37.8 Å². The van der Waals surface area contributed by atoms with Gasteiger partial charge in [-0.15, -0.1) is 0 Å². The summed E-state index contributed by atoms with van der Waals surface area (Å²) < 4.78 is 5.76. The molecule has 0 aliphatic carbocycles. The van der Waals surface area contributed by atoms with Crippen molar-refractivity contribution in [3.63, 3.8) is 0 Å². The van der Waals surface area contributed by atoms with Crippen molar-refractivity contribution in [3.8, 4) is 0 Å². The molecule has 3 rings (SSSR count). The molecule has 0 radical (unpaired) electrons. The molecule has 2 aliphatic heterocycles. The molecule has 1 saturated heterocycles. The third-order valence-electron chi connectivity index (χ3n) is 3.48. The van der Waals surface area contributed by atoms with E-state index in [9.17, 15) is 0 Å². The molecule has 3 heterocycles. The van der Waals surface area contributed by atoms with Crippen LogP contribution in [0.3, 0.4) is 0 Å². The molecule has 0 spiro atoms. The van der Waals surface area contributed by atoms with E-state index < -0.39 is 0 Å². The Labute approximate surface area is 108 Å². The van der Waals surface area contributed by atoms with E-state index in [0.717, 1.165) is 26.1 Å². The first kappa shape index (κ1) is 11.7. The standard InChI is InChI=1S/C14H19N3O/c1-10-8-17(9-11(2)18-10)13-5-12-6-15-4-3-14(12)16-7-13/h5-7,10-11H,3-4,8-9H2,1-2H3/t10-,11+. The molecule has 0 aromatic carbocycles. The molecule has 0 N–H and O–H groups in total. The van der Waals surface area contributed by atoms with Gasteiger partial charge in [-0.25, -0.2) is 0 Å². The highest BCUT2D eigenvalue weighted by Crippen LogP contribution is 2.22. The van der Waals surface area contributed by atoms with Crippen molar-refractivity contribution in [2.24, 2.45) is 4.99 Å². The van der Waals surface area contributed by atoms with E-state index in [1.807, 2.05) is 12.4 Å². The second-order valence-corrected chi connectivity index (χ2v) is 5.18. The average molecular weight is 245 g/mol. The van der Waals surface area contributed by atoms with E-state index in [0.29, 0.717) is 0 Å². The lowest BCUT2D eigenvalue weighted by molar-refractivity contribution is -0.00523. The van der Waals surface area contributed by atoms with Crippen molar-refractivity contribution in [2.75, 3.05) is 24.5 Å². The fraction of sp³-hybridized carbons (Fsp3) is 0.571. The number of aliphatic imine (C=N–C) groups is 1. The van der Waals surface area contributed by atoms with Crippen LogP contribution in [0.2, 0.25) is 0 Å². The zero-order chi connectivity index (χ0) is 12.5. The summed E-state index contributed by atoms with van der Waals surface area (Å²) in [5.41, 5.74) is 3.53. The Kier molecular flexibility index (Phi) is 3.04. The van der Waals surface area contributed by atoms with Gasteiger partial charge >= 0.3 is 0 Å². The van der Waals surface area contributed by atoms with E-state index in [4.69, 9.17) is 4.74 Å². The summed E-state index contributed by atoms with van der Waals surface area (Å²) in [5.74, 6) is 0. The van der Waals surface area contributed by atoms with E-state index >= 15 is 0 Å². The highest BCUT2D eigenvalue weighted by atomic mass is 16.5. The summed E-state index contributed by atoms with van der Waals surface area (Å²) in [7, 11) is 0. The van der Waals surface area contributed by atoms with Crippen LogP contribution in [-0.4, -0.2) is 43.0 Å². The van der Waals surface area contributed by atoms with E-state index in [2.05, 4.69) is 34.8 Å². The summed E-state index contributed by atoms with van der Waals surface area (Å²) in [5, 5.41) is 0. The van der Waals surface area contributed by atoms with Gasteiger partial charge in [-0.2, -0.15) is 0 Å². The van der Waals surface area contributed by atoms with Gasteiger partial charge in [0.25, 0.3) is 0 Å². The molecule has 1 aromatic heterocycles. The minimum Gasteiger partial charge on any atom is -0.372 e. The number of aromatic nitrogens is 1. The lowest BCUT2D eigenvalue weighted by atomic mass is 10.1. The first-order valence-electron chi connectivity index (χ1n) is 6.61. The molecule has 1 fully saturated rings. The zero-order valence-corrected chi connectivity index (χ0v) is 11.0. The van der Waals surface area contributed by atoms with Crippen molar-refractivity contribution in [2.45, 2.75) is 32.5 Å². The van der Waals surface area contributed by atoms with E-state index in [-0.39, 0.29) is 12.2 Å². The zero-order valence-electron chi connectivity index (χ0n) is 11.0. The molecular weight excluding hydrogens is 226 g/mol. The van der Waals surface area contributed by atoms with Crippen molar-refractivity contribution < 1.29 is 4.74 Å². The van der Waals surface area contributed by atoms with Crippen molar-refractivity contribution in [1.82, 2.24) is 4.98 Å². The number of morpholine rings is 1. The van der Waals surface area contributed by atoms with Gasteiger partial charge in [-0.3, -0.25) is 9.98 Å². The molecule has 0 amide bonds. The quantitative estimate of drug-likeness (QED) is 0.755. The van der Waals surface area contributed by atoms with Gasteiger partial charge in [-0.05, 0) is 19.9 Å². The third-order valence-corrected chi connectivity index (χ3v) is 3.48. The van der Waals surface area contributed by atoms with Crippen LogP contribution in [0.4, 0.5) is 5.69 Å². The topological polar surface area (TPSA) is 37.7 Å². The maximum Gasteiger partial charge on any atom is 0.0726 e. The fourth-order valence-electron chi connectivity index (χ4n) is 2.71. The Balaban J connectivity index is 1.86. The Bertz CT molecular complexity index is 462. The molecule has 0 bridgehead atoms. The number of fused-ring (bicyclic) bond motifs is 1. The molecule has 96 valence electrons. The first-order chi connectivity index (χ1) is 8.72. The van der Waals surface area contributed by atoms with Gasteiger partial charge in [0.15, 0.2) is 0 Å². The van der Waals surface area contributed by atoms with E-state index in [1.165, 1.54) is 16.9 Å². The van der Waals surface area contributed by atoms with Crippen LogP contribution in [0.5, 0.6) is 0 Å². The summed E-state index contributed by atoms with van der Waals surface area (Å²) in [4.78, 5) is 11.3. The smallest absolute Gasteiger partial charge is 0.0726 e. The second kappa shape index (κ2) is 4.69. The first-order valence-corrected chi connectivity index (χ1v) is 6.61. The predicted octanol–water partition coefficient (Wildman–Crippen LogP) is 1.67. The van der Waals surface area contributed by atoms with Crippen LogP contribution in [0, 0.1) is 0 Å². The van der Waals surface area contributed by atoms with Crippen molar-refractivity contribution in [3.05, 3.63) is 23.5 Å². The van der Waals surface area contributed by atoms with Crippen LogP contribution < -0.4 is 4.90 Å². The lowest BCUT2D eigenvalue weighted by Crippen LogP contribution is -2.45. The maximum absolute atomic E-state index is 5.76. The summed E-state index contributed by atoms with van der Waals surface area (Å²) in [6, 6.07) is 2.20. The number of anilines is 1. The molecular formula is C14H19N3O. The normalized spacial score (nSPS) is 27.1. The molecule has 2 aliphatic rings. The van der Waals surface area contributed by atoms with Gasteiger partial charge in [0.05, 0.1) is 29.8 Å². The fourth-order valence-corrected chi connectivity index (χ4v) is 2.71. The molecule has 0 saturated carbocycles. The van der Waals surface area contributed by atoms with Crippen molar-refractivity contribution in [1.29, 1.82) is 0 Å². The van der Waals surface area contributed by atoms with Gasteiger partial charge in [0.1, 0.15) is 0 Å². The van der Waals surface area contributed by atoms with E-state index in [1.54, 1.807) is 0 Å². The molecule has 4 nitrogen and oxygen atoms in total. The van der Waals surface area contributed by atoms with Crippen LogP contribution in [0.25, 0.3) is 0 Å². The lowest BCUT2D eigenvalue weighted by Gasteiger charge is -2.36. The number of nitrogens with zero attached hydrogens (tertiary/aromatic N) is 3. The highest BCUT2D eigenvalue weighted by Gasteiger charge is 2.23. The minimum absolute atomic E-state index is 0.276. The second-order valence-electron chi connectivity index (χ2n) is 5.18. The van der Waals surface area contributed by atoms with Gasteiger partial charge < -0.3 is 9.64 Å². The number of hydrogen-bond acceptors (Lipinski definition) is 4. The summed E-state index contributed by atoms with van der Waals surface area (Å²) in [6.07, 6.45) is 5.45. The Morgan fingerprint density at radius 3 is 2.83 bits per heavy atom. The monoisotopic (exact) mass is 245 g/mol. The predicted molar refractivity (Wildman–Crippen MR) is 72.6 cm³/mol. The number of rotatable bonds is 1. The third kappa shape index (κ3) is 2.25. The SMILES string of the molecule is C[C@@H]1CN(c2cnc3c(c2)C=NCC3)C[C@H](C)O1. The summed E-state index contributed by atoms with van der Waals surface area (Å²) >= 11 is 0. The molecule has 1 aromatic rings. The van der Waals surface area contributed by atoms with Crippen LogP contribution in [0.15, 0.2) is 17.3 Å². The molecule has 0 unspecified atom stereocenters. The number of pyridine rings is 1. The molecule has 18 heavy (non-hydrogen) atoms. The Morgan fingerprint density at radius 1 is 1.28 bits per heavy atom. The Morgan fingerprint density at radius 2 is 2.06 bits per heavy atom.